The summed E-state index contributed by atoms with van der Waals surface area (Å²) in [5, 5.41) is 21.5. The lowest BCUT2D eigenvalue weighted by atomic mass is 9.79. The molecule has 0 saturated carbocycles. The van der Waals surface area contributed by atoms with E-state index in [-0.39, 0.29) is 0 Å². The third-order valence-electron chi connectivity index (χ3n) is 6.24. The van der Waals surface area contributed by atoms with E-state index in [0.29, 0.717) is 5.46 Å². The van der Waals surface area contributed by atoms with Crippen LogP contribution >= 0.6 is 0 Å². The van der Waals surface area contributed by atoms with Crippen molar-refractivity contribution in [2.45, 2.75) is 0 Å². The Labute approximate surface area is 181 Å². The van der Waals surface area contributed by atoms with Gasteiger partial charge in [-0.25, -0.2) is 0 Å². The summed E-state index contributed by atoms with van der Waals surface area (Å²) in [5.74, 6) is 0. The second-order valence-corrected chi connectivity index (χ2v) is 8.05. The molecule has 1 aliphatic rings. The van der Waals surface area contributed by atoms with Crippen LogP contribution in [0.2, 0.25) is 0 Å². The number of hydrogen-bond donors (Lipinski definition) is 2. The summed E-state index contributed by atoms with van der Waals surface area (Å²) in [6.45, 7) is 0. The van der Waals surface area contributed by atoms with Crippen LogP contribution in [-0.4, -0.2) is 17.2 Å². The van der Waals surface area contributed by atoms with E-state index in [1.807, 2.05) is 18.2 Å². The zero-order valence-electron chi connectivity index (χ0n) is 16.8. The Morgan fingerprint density at radius 3 is 1.71 bits per heavy atom. The highest BCUT2D eigenvalue weighted by atomic mass is 16.4. The van der Waals surface area contributed by atoms with Crippen LogP contribution in [0.4, 0.5) is 0 Å². The van der Waals surface area contributed by atoms with E-state index in [1.165, 1.54) is 38.6 Å². The summed E-state index contributed by atoms with van der Waals surface area (Å²) in [6.07, 6.45) is 0. The molecule has 0 heterocycles. The maximum absolute atomic E-state index is 9.44. The third-order valence-corrected chi connectivity index (χ3v) is 6.24. The van der Waals surface area contributed by atoms with Crippen molar-refractivity contribution >= 4 is 23.4 Å². The van der Waals surface area contributed by atoms with Crippen molar-refractivity contribution in [3.05, 3.63) is 103 Å². The molecule has 0 spiro atoms. The van der Waals surface area contributed by atoms with Crippen molar-refractivity contribution in [1.29, 1.82) is 0 Å². The Kier molecular flexibility index (Phi) is 4.07. The van der Waals surface area contributed by atoms with Crippen LogP contribution in [0.25, 0.3) is 55.3 Å². The van der Waals surface area contributed by atoms with Gasteiger partial charge < -0.3 is 10.0 Å². The molecular formula is C28H19BO2. The first kappa shape index (κ1) is 18.1. The van der Waals surface area contributed by atoms with Crippen LogP contribution in [0.15, 0.2) is 103 Å². The molecule has 2 N–H and O–H groups in total. The van der Waals surface area contributed by atoms with E-state index in [0.717, 1.165) is 16.7 Å². The van der Waals surface area contributed by atoms with E-state index in [9.17, 15) is 10.0 Å². The van der Waals surface area contributed by atoms with E-state index in [2.05, 4.69) is 78.9 Å². The standard InChI is InChI=1S/C28H19BO2/c30-29(31)23-7-1-6-21(16-23)18-10-12-19(13-11-18)22-14-15-24-25-8-2-4-20-5-3-9-26(28(20)25)27(24)17-22/h1-17,30-31H. The molecule has 5 aromatic rings. The van der Waals surface area contributed by atoms with Gasteiger partial charge in [0.15, 0.2) is 0 Å². The smallest absolute Gasteiger partial charge is 0.423 e. The molecule has 0 fully saturated rings. The Hall–Kier alpha value is -3.66. The normalized spacial score (nSPS) is 11.5. The second-order valence-electron chi connectivity index (χ2n) is 8.05. The zero-order chi connectivity index (χ0) is 20.9. The molecule has 0 bridgehead atoms. The Balaban J connectivity index is 1.40. The quantitative estimate of drug-likeness (QED) is 0.387. The Morgan fingerprint density at radius 2 is 1.03 bits per heavy atom. The number of hydrogen-bond acceptors (Lipinski definition) is 2. The molecule has 0 aliphatic heterocycles. The van der Waals surface area contributed by atoms with Gasteiger partial charge in [0.1, 0.15) is 0 Å². The van der Waals surface area contributed by atoms with E-state index in [4.69, 9.17) is 0 Å². The summed E-state index contributed by atoms with van der Waals surface area (Å²) < 4.78 is 0. The molecule has 0 saturated heterocycles. The number of fused-ring (bicyclic) bond motifs is 3. The average molecular weight is 398 g/mol. The second kappa shape index (κ2) is 6.95. The fourth-order valence-electron chi connectivity index (χ4n) is 4.71. The zero-order valence-corrected chi connectivity index (χ0v) is 16.8. The first-order valence-corrected chi connectivity index (χ1v) is 10.4. The summed E-state index contributed by atoms with van der Waals surface area (Å²) in [5.41, 5.74) is 10.1. The number of rotatable bonds is 3. The predicted octanol–water partition coefficient (Wildman–Crippen LogP) is 5.50. The highest BCUT2D eigenvalue weighted by Crippen LogP contribution is 2.48. The monoisotopic (exact) mass is 398 g/mol. The van der Waals surface area contributed by atoms with Gasteiger partial charge >= 0.3 is 7.12 Å². The average Bonchev–Trinajstić information content (AvgIpc) is 3.14. The summed E-state index contributed by atoms with van der Waals surface area (Å²) >= 11 is 0. The van der Waals surface area contributed by atoms with Crippen LogP contribution in [0.3, 0.4) is 0 Å². The fourth-order valence-corrected chi connectivity index (χ4v) is 4.71. The number of benzene rings is 5. The van der Waals surface area contributed by atoms with Gasteiger partial charge in [-0.3, -0.25) is 0 Å². The summed E-state index contributed by atoms with van der Waals surface area (Å²) in [4.78, 5) is 0. The van der Waals surface area contributed by atoms with Gasteiger partial charge in [-0.15, -0.1) is 0 Å². The van der Waals surface area contributed by atoms with Crippen LogP contribution in [0, 0.1) is 0 Å². The van der Waals surface area contributed by atoms with Gasteiger partial charge in [-0.05, 0) is 66.8 Å². The molecule has 0 amide bonds. The van der Waals surface area contributed by atoms with Crippen molar-refractivity contribution in [1.82, 2.24) is 0 Å². The van der Waals surface area contributed by atoms with Crippen LogP contribution in [0.1, 0.15) is 0 Å². The topological polar surface area (TPSA) is 40.5 Å². The molecule has 0 aromatic heterocycles. The minimum Gasteiger partial charge on any atom is -0.423 e. The minimum absolute atomic E-state index is 0.494. The first-order valence-electron chi connectivity index (χ1n) is 10.4. The molecule has 0 atom stereocenters. The fraction of sp³-hybridized carbons (Fsp3) is 0. The van der Waals surface area contributed by atoms with Gasteiger partial charge in [-0.1, -0.05) is 97.1 Å². The van der Waals surface area contributed by atoms with Gasteiger partial charge in [0, 0.05) is 0 Å². The summed E-state index contributed by atoms with van der Waals surface area (Å²) in [7, 11) is -1.46. The predicted molar refractivity (Wildman–Crippen MR) is 129 cm³/mol. The highest BCUT2D eigenvalue weighted by molar-refractivity contribution is 6.58. The maximum atomic E-state index is 9.44. The molecule has 0 radical (unpaired) electrons. The van der Waals surface area contributed by atoms with Crippen molar-refractivity contribution in [2.24, 2.45) is 0 Å². The highest BCUT2D eigenvalue weighted by Gasteiger charge is 2.21. The molecule has 1 aliphatic carbocycles. The minimum atomic E-state index is -1.46. The third kappa shape index (κ3) is 2.90. The van der Waals surface area contributed by atoms with E-state index < -0.39 is 7.12 Å². The van der Waals surface area contributed by atoms with E-state index in [1.54, 1.807) is 6.07 Å². The van der Waals surface area contributed by atoms with Crippen LogP contribution in [-0.2, 0) is 0 Å². The van der Waals surface area contributed by atoms with Crippen LogP contribution in [0.5, 0.6) is 0 Å². The first-order chi connectivity index (χ1) is 15.2. The van der Waals surface area contributed by atoms with Crippen molar-refractivity contribution in [3.63, 3.8) is 0 Å². The Bertz CT molecular complexity index is 1450. The molecule has 31 heavy (non-hydrogen) atoms. The van der Waals surface area contributed by atoms with Crippen molar-refractivity contribution in [3.8, 4) is 44.5 Å². The van der Waals surface area contributed by atoms with Crippen molar-refractivity contribution < 1.29 is 10.0 Å². The molecule has 3 heteroatoms. The SMILES string of the molecule is OB(O)c1cccc(-c2ccc(-c3ccc4c(c3)-c3cccc5cccc-4c35)cc2)c1. The largest absolute Gasteiger partial charge is 0.488 e. The van der Waals surface area contributed by atoms with Gasteiger partial charge in [0.25, 0.3) is 0 Å². The van der Waals surface area contributed by atoms with Gasteiger partial charge in [0.2, 0.25) is 0 Å². The van der Waals surface area contributed by atoms with Crippen molar-refractivity contribution in [2.75, 3.05) is 0 Å². The van der Waals surface area contributed by atoms with Crippen LogP contribution < -0.4 is 5.46 Å². The molecular weight excluding hydrogens is 379 g/mol. The maximum Gasteiger partial charge on any atom is 0.488 e. The lowest BCUT2D eigenvalue weighted by Crippen LogP contribution is -2.29. The molecule has 5 aromatic carbocycles. The Morgan fingerprint density at radius 1 is 0.452 bits per heavy atom. The van der Waals surface area contributed by atoms with Gasteiger partial charge in [-0.2, -0.15) is 0 Å². The molecule has 6 rings (SSSR count). The molecule has 146 valence electrons. The van der Waals surface area contributed by atoms with Gasteiger partial charge in [0.05, 0.1) is 0 Å². The molecule has 2 nitrogen and oxygen atoms in total. The lowest BCUT2D eigenvalue weighted by molar-refractivity contribution is 0.426. The lowest BCUT2D eigenvalue weighted by Gasteiger charge is -2.09. The van der Waals surface area contributed by atoms with E-state index >= 15 is 0 Å². The molecule has 0 unspecified atom stereocenters. The summed E-state index contributed by atoms with van der Waals surface area (Å²) in [6, 6.07) is 35.6.